The minimum absolute atomic E-state index is 0.376. The molecule has 1 aromatic rings. The molecule has 4 nitrogen and oxygen atoms in total. The molecule has 4 heteroatoms. The second kappa shape index (κ2) is 6.25. The highest BCUT2D eigenvalue weighted by Crippen LogP contribution is 2.10. The first-order valence-electron chi connectivity index (χ1n) is 5.15. The fourth-order valence-electron chi connectivity index (χ4n) is 1.51. The lowest BCUT2D eigenvalue weighted by Gasteiger charge is -2.19. The molecule has 0 bridgehead atoms. The Hall–Kier alpha value is -1.39. The minimum Gasteiger partial charge on any atom is -0.481 e. The normalized spacial score (nSPS) is 12.7. The summed E-state index contributed by atoms with van der Waals surface area (Å²) >= 11 is 0. The van der Waals surface area contributed by atoms with E-state index in [1.165, 1.54) is 12.2 Å². The van der Waals surface area contributed by atoms with Crippen LogP contribution in [0.25, 0.3) is 0 Å². The molecule has 0 aromatic heterocycles. The summed E-state index contributed by atoms with van der Waals surface area (Å²) in [6.07, 6.45) is 0.518. The fraction of sp³-hybridized carbons (Fsp3) is 0.417. The Morgan fingerprint density at radius 1 is 1.44 bits per heavy atom. The lowest BCUT2D eigenvalue weighted by Crippen LogP contribution is -2.31. The van der Waals surface area contributed by atoms with Gasteiger partial charge in [-0.25, -0.2) is 0 Å². The van der Waals surface area contributed by atoms with E-state index in [-0.39, 0.29) is 0 Å². The van der Waals surface area contributed by atoms with Crippen molar-refractivity contribution in [3.63, 3.8) is 0 Å². The van der Waals surface area contributed by atoms with Crippen LogP contribution in [0.3, 0.4) is 0 Å². The number of carboxylic acid groups (broad SMARTS) is 1. The minimum atomic E-state index is -0.798. The SMILES string of the molecule is CON(C)C[C@H](Cc1ccccc1)C(=O)O. The molecule has 1 rings (SSSR count). The summed E-state index contributed by atoms with van der Waals surface area (Å²) in [7, 11) is 3.25. The van der Waals surface area contributed by atoms with Gasteiger partial charge in [0.1, 0.15) is 0 Å². The van der Waals surface area contributed by atoms with E-state index in [0.29, 0.717) is 13.0 Å². The summed E-state index contributed by atoms with van der Waals surface area (Å²) in [6.45, 7) is 0.376. The molecule has 1 N–H and O–H groups in total. The second-order valence-corrected chi connectivity index (χ2v) is 3.72. The van der Waals surface area contributed by atoms with Crippen LogP contribution < -0.4 is 0 Å². The average molecular weight is 223 g/mol. The molecular formula is C12H17NO3. The lowest BCUT2D eigenvalue weighted by molar-refractivity contribution is -0.152. The van der Waals surface area contributed by atoms with Crippen molar-refractivity contribution in [2.45, 2.75) is 6.42 Å². The Labute approximate surface area is 95.4 Å². The first-order valence-corrected chi connectivity index (χ1v) is 5.15. The number of hydrogen-bond acceptors (Lipinski definition) is 3. The summed E-state index contributed by atoms with van der Waals surface area (Å²) in [5, 5.41) is 10.6. The molecule has 0 radical (unpaired) electrons. The van der Waals surface area contributed by atoms with Gasteiger partial charge in [-0.05, 0) is 12.0 Å². The van der Waals surface area contributed by atoms with Crippen LogP contribution in [0.1, 0.15) is 5.56 Å². The van der Waals surface area contributed by atoms with E-state index in [1.807, 2.05) is 30.3 Å². The number of hydroxylamine groups is 2. The summed E-state index contributed by atoms with van der Waals surface area (Å²) < 4.78 is 0. The lowest BCUT2D eigenvalue weighted by atomic mass is 9.99. The summed E-state index contributed by atoms with van der Waals surface area (Å²) in [4.78, 5) is 16.0. The van der Waals surface area contributed by atoms with Crippen LogP contribution in [-0.2, 0) is 16.1 Å². The molecule has 0 aliphatic heterocycles. The van der Waals surface area contributed by atoms with Gasteiger partial charge < -0.3 is 9.94 Å². The van der Waals surface area contributed by atoms with Crippen LogP contribution in [-0.4, -0.2) is 36.8 Å². The fourth-order valence-corrected chi connectivity index (χ4v) is 1.51. The highest BCUT2D eigenvalue weighted by Gasteiger charge is 2.19. The van der Waals surface area contributed by atoms with Gasteiger partial charge in [-0.3, -0.25) is 4.79 Å². The molecule has 0 fully saturated rings. The quantitative estimate of drug-likeness (QED) is 0.741. The van der Waals surface area contributed by atoms with Gasteiger partial charge in [0.05, 0.1) is 13.0 Å². The van der Waals surface area contributed by atoms with Gasteiger partial charge in [0.2, 0.25) is 0 Å². The maximum atomic E-state index is 11.1. The molecule has 0 spiro atoms. The number of carbonyl (C=O) groups is 1. The Morgan fingerprint density at radius 2 is 2.06 bits per heavy atom. The first kappa shape index (κ1) is 12.7. The van der Waals surface area contributed by atoms with Gasteiger partial charge in [-0.2, -0.15) is 5.06 Å². The molecule has 1 aromatic carbocycles. The van der Waals surface area contributed by atoms with Crippen molar-refractivity contribution in [3.8, 4) is 0 Å². The monoisotopic (exact) mass is 223 g/mol. The molecular weight excluding hydrogens is 206 g/mol. The molecule has 16 heavy (non-hydrogen) atoms. The number of aliphatic carboxylic acids is 1. The third kappa shape index (κ3) is 4.00. The predicted molar refractivity (Wildman–Crippen MR) is 60.9 cm³/mol. The largest absolute Gasteiger partial charge is 0.481 e. The van der Waals surface area contributed by atoms with E-state index in [4.69, 9.17) is 9.94 Å². The molecule has 0 amide bonds. The molecule has 0 saturated carbocycles. The summed E-state index contributed by atoms with van der Waals surface area (Å²) in [5.74, 6) is -1.25. The Bertz CT molecular complexity index is 326. The zero-order chi connectivity index (χ0) is 12.0. The number of hydrogen-bond donors (Lipinski definition) is 1. The van der Waals surface area contributed by atoms with Crippen molar-refractivity contribution >= 4 is 5.97 Å². The van der Waals surface area contributed by atoms with Crippen molar-refractivity contribution in [2.24, 2.45) is 5.92 Å². The predicted octanol–water partition coefficient (Wildman–Crippen LogP) is 1.42. The van der Waals surface area contributed by atoms with E-state index in [0.717, 1.165) is 5.56 Å². The van der Waals surface area contributed by atoms with Gasteiger partial charge >= 0.3 is 5.97 Å². The van der Waals surface area contributed by atoms with Crippen LogP contribution in [0.2, 0.25) is 0 Å². The van der Waals surface area contributed by atoms with Gasteiger partial charge in [0.25, 0.3) is 0 Å². The Morgan fingerprint density at radius 3 is 2.56 bits per heavy atom. The van der Waals surface area contributed by atoms with E-state index in [1.54, 1.807) is 7.05 Å². The van der Waals surface area contributed by atoms with Crippen LogP contribution >= 0.6 is 0 Å². The third-order valence-electron chi connectivity index (χ3n) is 2.46. The van der Waals surface area contributed by atoms with E-state index in [9.17, 15) is 4.79 Å². The topological polar surface area (TPSA) is 49.8 Å². The van der Waals surface area contributed by atoms with Crippen molar-refractivity contribution in [2.75, 3.05) is 20.7 Å². The zero-order valence-electron chi connectivity index (χ0n) is 9.59. The maximum Gasteiger partial charge on any atom is 0.308 e. The van der Waals surface area contributed by atoms with Crippen LogP contribution in [0, 0.1) is 5.92 Å². The van der Waals surface area contributed by atoms with Crippen LogP contribution in [0.5, 0.6) is 0 Å². The van der Waals surface area contributed by atoms with E-state index < -0.39 is 11.9 Å². The molecule has 0 aliphatic carbocycles. The standard InChI is InChI=1S/C12H17NO3/c1-13(16-2)9-11(12(14)15)8-10-6-4-3-5-7-10/h3-7,11H,8-9H2,1-2H3,(H,14,15)/t11-/m0/s1. The molecule has 0 unspecified atom stereocenters. The van der Waals surface area contributed by atoms with Crippen molar-refractivity contribution in [1.82, 2.24) is 5.06 Å². The number of nitrogens with zero attached hydrogens (tertiary/aromatic N) is 1. The number of carboxylic acids is 1. The molecule has 0 heterocycles. The van der Waals surface area contributed by atoms with E-state index in [2.05, 4.69) is 0 Å². The average Bonchev–Trinajstić information content (AvgIpc) is 2.29. The maximum absolute atomic E-state index is 11.1. The van der Waals surface area contributed by atoms with Crippen molar-refractivity contribution in [3.05, 3.63) is 35.9 Å². The number of benzene rings is 1. The molecule has 0 aliphatic rings. The second-order valence-electron chi connectivity index (χ2n) is 3.72. The smallest absolute Gasteiger partial charge is 0.308 e. The van der Waals surface area contributed by atoms with Gasteiger partial charge in [-0.1, -0.05) is 30.3 Å². The summed E-state index contributed by atoms with van der Waals surface area (Å²) in [5.41, 5.74) is 1.03. The summed E-state index contributed by atoms with van der Waals surface area (Å²) in [6, 6.07) is 9.61. The first-order chi connectivity index (χ1) is 7.63. The highest BCUT2D eigenvalue weighted by atomic mass is 16.7. The molecule has 88 valence electrons. The molecule has 0 saturated heterocycles. The van der Waals surface area contributed by atoms with Crippen LogP contribution in [0.15, 0.2) is 30.3 Å². The van der Waals surface area contributed by atoms with Gasteiger partial charge in [-0.15, -0.1) is 0 Å². The molecule has 1 atom stereocenters. The zero-order valence-corrected chi connectivity index (χ0v) is 9.59. The van der Waals surface area contributed by atoms with Gasteiger partial charge in [0.15, 0.2) is 0 Å². The van der Waals surface area contributed by atoms with Crippen LogP contribution in [0.4, 0.5) is 0 Å². The number of rotatable bonds is 6. The van der Waals surface area contributed by atoms with Crippen molar-refractivity contribution in [1.29, 1.82) is 0 Å². The van der Waals surface area contributed by atoms with Crippen molar-refractivity contribution < 1.29 is 14.7 Å². The third-order valence-corrected chi connectivity index (χ3v) is 2.46. The Kier molecular flexibility index (Phi) is 4.95. The van der Waals surface area contributed by atoms with E-state index >= 15 is 0 Å². The Balaban J connectivity index is 2.62. The highest BCUT2D eigenvalue weighted by molar-refractivity contribution is 5.70. The van der Waals surface area contributed by atoms with Gasteiger partial charge in [0, 0.05) is 13.6 Å².